The van der Waals surface area contributed by atoms with E-state index in [1.54, 1.807) is 19.1 Å². The molecule has 1 aliphatic heterocycles. The summed E-state index contributed by atoms with van der Waals surface area (Å²) >= 11 is 1.48. The summed E-state index contributed by atoms with van der Waals surface area (Å²) in [5.41, 5.74) is 0.288. The maximum absolute atomic E-state index is 13.6. The van der Waals surface area contributed by atoms with Gasteiger partial charge in [0.25, 0.3) is 5.91 Å². The first-order valence-electron chi connectivity index (χ1n) is 6.94. The molecule has 0 saturated heterocycles. The van der Waals surface area contributed by atoms with E-state index in [2.05, 4.69) is 5.32 Å². The zero-order chi connectivity index (χ0) is 15.7. The second-order valence-electron chi connectivity index (χ2n) is 5.54. The van der Waals surface area contributed by atoms with E-state index in [-0.39, 0.29) is 18.2 Å². The minimum absolute atomic E-state index is 0.0707. The van der Waals surface area contributed by atoms with Crippen molar-refractivity contribution in [3.05, 3.63) is 52.0 Å². The quantitative estimate of drug-likeness (QED) is 0.908. The number of carbonyl (C=O) groups excluding carboxylic acids is 1. The first-order chi connectivity index (χ1) is 10.5. The molecule has 0 fully saturated rings. The van der Waals surface area contributed by atoms with Crippen molar-refractivity contribution in [3.8, 4) is 5.75 Å². The number of rotatable bonds is 4. The smallest absolute Gasteiger partial charge is 0.261 e. The van der Waals surface area contributed by atoms with Gasteiger partial charge in [-0.25, -0.2) is 4.39 Å². The Balaban J connectivity index is 1.61. The molecule has 3 rings (SSSR count). The van der Waals surface area contributed by atoms with Gasteiger partial charge in [-0.2, -0.15) is 11.3 Å². The van der Waals surface area contributed by atoms with Crippen molar-refractivity contribution in [1.82, 2.24) is 5.32 Å². The normalized spacial score (nSPS) is 19.1. The maximum atomic E-state index is 13.6. The predicted octanol–water partition coefficient (Wildman–Crippen LogP) is 2.21. The zero-order valence-corrected chi connectivity index (χ0v) is 12.8. The molecule has 1 amide bonds. The van der Waals surface area contributed by atoms with Crippen molar-refractivity contribution >= 4 is 17.2 Å². The number of para-hydroxylation sites is 1. The van der Waals surface area contributed by atoms with Gasteiger partial charge in [0.05, 0.1) is 6.54 Å². The number of carbonyl (C=O) groups is 1. The van der Waals surface area contributed by atoms with Crippen LogP contribution in [-0.4, -0.2) is 23.7 Å². The summed E-state index contributed by atoms with van der Waals surface area (Å²) in [6, 6.07) is 6.46. The molecule has 4 nitrogen and oxygen atoms in total. The average Bonchev–Trinajstić information content (AvgIpc) is 3.14. The van der Waals surface area contributed by atoms with Gasteiger partial charge < -0.3 is 15.2 Å². The molecule has 1 aliphatic rings. The number of halogens is 1. The summed E-state index contributed by atoms with van der Waals surface area (Å²) in [5.74, 6) is -0.670. The van der Waals surface area contributed by atoms with Crippen molar-refractivity contribution in [2.24, 2.45) is 0 Å². The van der Waals surface area contributed by atoms with Crippen LogP contribution in [0, 0.1) is 5.82 Å². The molecule has 2 atom stereocenters. The standard InChI is InChI=1S/C16H16FNO3S/c1-16(20,11-5-6-22-8-11)9-18-15(19)13-7-10-3-2-4-12(17)14(10)21-13/h2-6,8,13,20H,7,9H2,1H3,(H,18,19). The van der Waals surface area contributed by atoms with E-state index >= 15 is 0 Å². The molecular weight excluding hydrogens is 305 g/mol. The van der Waals surface area contributed by atoms with Gasteiger partial charge in [0.2, 0.25) is 0 Å². The summed E-state index contributed by atoms with van der Waals surface area (Å²) < 4.78 is 19.0. The topological polar surface area (TPSA) is 58.6 Å². The molecular formula is C16H16FNO3S. The molecule has 1 aromatic carbocycles. The lowest BCUT2D eigenvalue weighted by Gasteiger charge is -2.23. The van der Waals surface area contributed by atoms with Crippen LogP contribution in [0.4, 0.5) is 4.39 Å². The maximum Gasteiger partial charge on any atom is 0.261 e. The number of thiophene rings is 1. The van der Waals surface area contributed by atoms with Gasteiger partial charge in [0.15, 0.2) is 17.7 Å². The van der Waals surface area contributed by atoms with Crippen LogP contribution in [0.3, 0.4) is 0 Å². The van der Waals surface area contributed by atoms with E-state index in [1.807, 2.05) is 16.8 Å². The molecule has 0 bridgehead atoms. The number of aliphatic hydroxyl groups is 1. The van der Waals surface area contributed by atoms with E-state index in [0.717, 1.165) is 5.56 Å². The number of ether oxygens (including phenoxy) is 1. The first-order valence-corrected chi connectivity index (χ1v) is 7.88. The van der Waals surface area contributed by atoms with Crippen molar-refractivity contribution in [1.29, 1.82) is 0 Å². The van der Waals surface area contributed by atoms with Crippen LogP contribution in [0.25, 0.3) is 0 Å². The third kappa shape index (κ3) is 2.84. The van der Waals surface area contributed by atoms with Gasteiger partial charge in [0, 0.05) is 12.0 Å². The van der Waals surface area contributed by atoms with Gasteiger partial charge >= 0.3 is 0 Å². The fourth-order valence-corrected chi connectivity index (χ4v) is 3.20. The Morgan fingerprint density at radius 3 is 3.05 bits per heavy atom. The van der Waals surface area contributed by atoms with Gasteiger partial charge in [-0.15, -0.1) is 0 Å². The third-order valence-electron chi connectivity index (χ3n) is 3.76. The number of amides is 1. The number of hydrogen-bond donors (Lipinski definition) is 2. The molecule has 0 saturated carbocycles. The summed E-state index contributed by atoms with van der Waals surface area (Å²) in [5, 5.41) is 16.8. The SMILES string of the molecule is CC(O)(CNC(=O)C1Cc2cccc(F)c2O1)c1ccsc1. The van der Waals surface area contributed by atoms with Gasteiger partial charge in [-0.05, 0) is 35.4 Å². The molecule has 0 radical (unpaired) electrons. The van der Waals surface area contributed by atoms with Crippen LogP contribution in [0.1, 0.15) is 18.1 Å². The Morgan fingerprint density at radius 2 is 2.36 bits per heavy atom. The lowest BCUT2D eigenvalue weighted by Crippen LogP contribution is -2.44. The Kier molecular flexibility index (Phi) is 3.88. The highest BCUT2D eigenvalue weighted by atomic mass is 32.1. The van der Waals surface area contributed by atoms with Crippen LogP contribution in [0.5, 0.6) is 5.75 Å². The minimum atomic E-state index is -1.15. The molecule has 22 heavy (non-hydrogen) atoms. The first kappa shape index (κ1) is 15.0. The molecule has 116 valence electrons. The molecule has 0 spiro atoms. The summed E-state index contributed by atoms with van der Waals surface area (Å²) in [7, 11) is 0. The Labute approximate surface area is 131 Å². The van der Waals surface area contributed by atoms with E-state index in [0.29, 0.717) is 12.0 Å². The molecule has 6 heteroatoms. The van der Waals surface area contributed by atoms with E-state index in [4.69, 9.17) is 4.74 Å². The number of hydrogen-bond acceptors (Lipinski definition) is 4. The van der Waals surface area contributed by atoms with Crippen molar-refractivity contribution < 1.29 is 19.0 Å². The van der Waals surface area contributed by atoms with Crippen molar-refractivity contribution in [2.75, 3.05) is 6.54 Å². The highest BCUT2D eigenvalue weighted by Crippen LogP contribution is 2.31. The van der Waals surface area contributed by atoms with Gasteiger partial charge in [0.1, 0.15) is 5.60 Å². The Bertz CT molecular complexity index is 685. The lowest BCUT2D eigenvalue weighted by atomic mass is 9.99. The van der Waals surface area contributed by atoms with Crippen LogP contribution in [-0.2, 0) is 16.8 Å². The Hall–Kier alpha value is -1.92. The fraction of sp³-hybridized carbons (Fsp3) is 0.312. The van der Waals surface area contributed by atoms with Crippen LogP contribution in [0.2, 0.25) is 0 Å². The predicted molar refractivity (Wildman–Crippen MR) is 81.4 cm³/mol. The summed E-state index contributed by atoms with van der Waals surface area (Å²) in [6.07, 6.45) is -0.426. The molecule has 2 unspecified atom stereocenters. The number of nitrogens with one attached hydrogen (secondary N) is 1. The second-order valence-corrected chi connectivity index (χ2v) is 6.32. The highest BCUT2D eigenvalue weighted by molar-refractivity contribution is 7.08. The molecule has 1 aromatic heterocycles. The minimum Gasteiger partial charge on any atom is -0.477 e. The third-order valence-corrected chi connectivity index (χ3v) is 4.44. The molecule has 0 aliphatic carbocycles. The molecule has 2 N–H and O–H groups in total. The lowest BCUT2D eigenvalue weighted by molar-refractivity contribution is -0.128. The van der Waals surface area contributed by atoms with Gasteiger partial charge in [-0.3, -0.25) is 4.79 Å². The monoisotopic (exact) mass is 321 g/mol. The number of benzene rings is 1. The van der Waals surface area contributed by atoms with E-state index in [1.165, 1.54) is 17.4 Å². The molecule has 2 aromatic rings. The fourth-order valence-electron chi connectivity index (χ4n) is 2.42. The van der Waals surface area contributed by atoms with E-state index in [9.17, 15) is 14.3 Å². The average molecular weight is 321 g/mol. The zero-order valence-electron chi connectivity index (χ0n) is 12.0. The van der Waals surface area contributed by atoms with Crippen molar-refractivity contribution in [2.45, 2.75) is 25.0 Å². The highest BCUT2D eigenvalue weighted by Gasteiger charge is 2.32. The van der Waals surface area contributed by atoms with Crippen LogP contribution < -0.4 is 10.1 Å². The van der Waals surface area contributed by atoms with Crippen LogP contribution in [0.15, 0.2) is 35.0 Å². The molecule has 2 heterocycles. The number of fused-ring (bicyclic) bond motifs is 1. The van der Waals surface area contributed by atoms with Crippen LogP contribution >= 0.6 is 11.3 Å². The summed E-state index contributed by atoms with van der Waals surface area (Å²) in [6.45, 7) is 1.71. The second kappa shape index (κ2) is 5.70. The van der Waals surface area contributed by atoms with Gasteiger partial charge in [-0.1, -0.05) is 12.1 Å². The van der Waals surface area contributed by atoms with Crippen molar-refractivity contribution in [3.63, 3.8) is 0 Å². The summed E-state index contributed by atoms with van der Waals surface area (Å²) in [4.78, 5) is 12.2. The largest absolute Gasteiger partial charge is 0.477 e. The van der Waals surface area contributed by atoms with E-state index < -0.39 is 17.5 Å². The Morgan fingerprint density at radius 1 is 1.55 bits per heavy atom.